The molecule has 2 N–H and O–H groups in total. The second kappa shape index (κ2) is 4.99. The van der Waals surface area contributed by atoms with Gasteiger partial charge in [-0.3, -0.25) is 14.9 Å². The molecule has 1 heterocycles. The van der Waals surface area contributed by atoms with Gasteiger partial charge in [-0.2, -0.15) is 0 Å². The summed E-state index contributed by atoms with van der Waals surface area (Å²) in [5.41, 5.74) is -0.493. The Hall–Kier alpha value is -2.54. The van der Waals surface area contributed by atoms with Gasteiger partial charge in [-0.15, -0.1) is 0 Å². The van der Waals surface area contributed by atoms with Crippen molar-refractivity contribution in [1.29, 1.82) is 0 Å². The number of furan rings is 1. The van der Waals surface area contributed by atoms with Gasteiger partial charge in [-0.25, -0.2) is 0 Å². The van der Waals surface area contributed by atoms with Crippen LogP contribution in [0.1, 0.15) is 10.6 Å². The van der Waals surface area contributed by atoms with Gasteiger partial charge in [-0.1, -0.05) is 11.6 Å². The fourth-order valence-electron chi connectivity index (χ4n) is 1.38. The highest BCUT2D eigenvalue weighted by Crippen LogP contribution is 2.35. The van der Waals surface area contributed by atoms with Gasteiger partial charge in [0.15, 0.2) is 5.76 Å². The number of benzene rings is 1. The third-order valence-electron chi connectivity index (χ3n) is 2.26. The van der Waals surface area contributed by atoms with Crippen LogP contribution in [-0.4, -0.2) is 15.9 Å². The van der Waals surface area contributed by atoms with E-state index in [4.69, 9.17) is 16.0 Å². The number of nitrogens with zero attached hydrogens (tertiary/aromatic N) is 1. The summed E-state index contributed by atoms with van der Waals surface area (Å²) >= 11 is 5.68. The van der Waals surface area contributed by atoms with Crippen molar-refractivity contribution in [2.45, 2.75) is 0 Å². The number of anilines is 1. The van der Waals surface area contributed by atoms with Crippen LogP contribution in [0.25, 0.3) is 0 Å². The molecule has 2 rings (SSSR count). The molecule has 1 aromatic heterocycles. The Morgan fingerprint density at radius 1 is 1.47 bits per heavy atom. The molecule has 0 spiro atoms. The van der Waals surface area contributed by atoms with E-state index >= 15 is 0 Å². The molecule has 0 saturated carbocycles. The molecule has 98 valence electrons. The largest absolute Gasteiger partial charge is 0.506 e. The molecular weight excluding hydrogens is 276 g/mol. The number of carbonyl (C=O) groups excluding carboxylic acids is 1. The van der Waals surface area contributed by atoms with Gasteiger partial charge in [0, 0.05) is 0 Å². The predicted octanol–water partition coefficient (Wildman–Crippen LogP) is 2.80. The number of carbonyl (C=O) groups is 1. The number of aromatic hydroxyl groups is 1. The van der Waals surface area contributed by atoms with E-state index in [9.17, 15) is 20.0 Å². The van der Waals surface area contributed by atoms with E-state index in [1.807, 2.05) is 0 Å². The van der Waals surface area contributed by atoms with E-state index in [2.05, 4.69) is 5.32 Å². The van der Waals surface area contributed by atoms with Crippen LogP contribution in [0.5, 0.6) is 5.75 Å². The molecule has 0 atom stereocenters. The monoisotopic (exact) mass is 282 g/mol. The molecule has 7 nitrogen and oxygen atoms in total. The Kier molecular flexibility index (Phi) is 3.39. The molecule has 0 unspecified atom stereocenters. The zero-order valence-electron chi connectivity index (χ0n) is 9.29. The topological polar surface area (TPSA) is 106 Å². The summed E-state index contributed by atoms with van der Waals surface area (Å²) in [4.78, 5) is 21.5. The van der Waals surface area contributed by atoms with Crippen LogP contribution in [0, 0.1) is 10.1 Å². The number of halogens is 1. The molecule has 8 heteroatoms. The van der Waals surface area contributed by atoms with Crippen molar-refractivity contribution in [1.82, 2.24) is 0 Å². The van der Waals surface area contributed by atoms with Crippen LogP contribution >= 0.6 is 11.6 Å². The summed E-state index contributed by atoms with van der Waals surface area (Å²) < 4.78 is 4.86. The van der Waals surface area contributed by atoms with E-state index < -0.39 is 22.3 Å². The molecule has 19 heavy (non-hydrogen) atoms. The number of nitro benzene ring substituents is 1. The standard InChI is InChI=1S/C11H7ClN2O5/c12-6-4-7(9(15)5-8(6)14(17)18)13-11(16)10-2-1-3-19-10/h1-5,15H,(H,13,16). The third-order valence-corrected chi connectivity index (χ3v) is 2.56. The number of rotatable bonds is 3. The lowest BCUT2D eigenvalue weighted by molar-refractivity contribution is -0.384. The number of nitro groups is 1. The van der Waals surface area contributed by atoms with Gasteiger partial charge in [0.05, 0.1) is 22.9 Å². The lowest BCUT2D eigenvalue weighted by atomic mass is 10.2. The number of hydrogen-bond donors (Lipinski definition) is 2. The first-order chi connectivity index (χ1) is 8.99. The van der Waals surface area contributed by atoms with Gasteiger partial charge in [0.25, 0.3) is 11.6 Å². The molecule has 0 radical (unpaired) electrons. The van der Waals surface area contributed by atoms with Crippen LogP contribution in [0.15, 0.2) is 34.9 Å². The van der Waals surface area contributed by atoms with Crippen LogP contribution in [0.2, 0.25) is 5.02 Å². The molecule has 0 saturated heterocycles. The first-order valence-electron chi connectivity index (χ1n) is 5.01. The molecule has 0 aliphatic rings. The van der Waals surface area contributed by atoms with Crippen molar-refractivity contribution >= 4 is 28.9 Å². The number of nitrogens with one attached hydrogen (secondary N) is 1. The smallest absolute Gasteiger partial charge is 0.291 e. The molecule has 0 aliphatic carbocycles. The first-order valence-corrected chi connectivity index (χ1v) is 5.38. The van der Waals surface area contributed by atoms with Crippen LogP contribution in [0.4, 0.5) is 11.4 Å². The summed E-state index contributed by atoms with van der Waals surface area (Å²) in [6.07, 6.45) is 1.32. The molecule has 0 bridgehead atoms. The quantitative estimate of drug-likeness (QED) is 0.511. The number of amides is 1. The van der Waals surface area contributed by atoms with E-state index in [0.717, 1.165) is 12.1 Å². The highest BCUT2D eigenvalue weighted by molar-refractivity contribution is 6.33. The fraction of sp³-hybridized carbons (Fsp3) is 0. The molecule has 1 amide bonds. The number of hydrogen-bond acceptors (Lipinski definition) is 5. The fourth-order valence-corrected chi connectivity index (χ4v) is 1.62. The maximum absolute atomic E-state index is 11.7. The highest BCUT2D eigenvalue weighted by atomic mass is 35.5. The van der Waals surface area contributed by atoms with Crippen LogP contribution < -0.4 is 5.32 Å². The average molecular weight is 283 g/mol. The second-order valence-electron chi connectivity index (χ2n) is 3.51. The second-order valence-corrected chi connectivity index (χ2v) is 3.92. The van der Waals surface area contributed by atoms with Crippen molar-refractivity contribution in [3.63, 3.8) is 0 Å². The Morgan fingerprint density at radius 2 is 2.21 bits per heavy atom. The Balaban J connectivity index is 2.29. The van der Waals surface area contributed by atoms with Crippen molar-refractivity contribution in [3.8, 4) is 5.75 Å². The van der Waals surface area contributed by atoms with Crippen molar-refractivity contribution < 1.29 is 19.2 Å². The molecule has 0 aliphatic heterocycles. The first kappa shape index (κ1) is 12.9. The SMILES string of the molecule is O=C(Nc1cc(Cl)c([N+](=O)[O-])cc1O)c1ccco1. The van der Waals surface area contributed by atoms with Gasteiger partial charge >= 0.3 is 0 Å². The zero-order valence-corrected chi connectivity index (χ0v) is 10.0. The Bertz CT molecular complexity index is 639. The maximum atomic E-state index is 11.7. The number of phenolic OH excluding ortho intramolecular Hbond substituents is 1. The van der Waals surface area contributed by atoms with Gasteiger partial charge in [-0.05, 0) is 18.2 Å². The van der Waals surface area contributed by atoms with Crippen molar-refractivity contribution in [2.75, 3.05) is 5.32 Å². The Labute approximate surface area is 111 Å². The van der Waals surface area contributed by atoms with Gasteiger partial charge in [0.2, 0.25) is 0 Å². The molecule has 1 aromatic carbocycles. The van der Waals surface area contributed by atoms with Gasteiger partial charge in [0.1, 0.15) is 10.8 Å². The summed E-state index contributed by atoms with van der Waals surface area (Å²) in [5, 5.41) is 22.3. The minimum absolute atomic E-state index is 0.0360. The minimum atomic E-state index is -0.736. The lowest BCUT2D eigenvalue weighted by Gasteiger charge is -2.06. The van der Waals surface area contributed by atoms with Crippen molar-refractivity contribution in [3.05, 3.63) is 51.4 Å². The maximum Gasteiger partial charge on any atom is 0.291 e. The summed E-state index contributed by atoms with van der Waals surface area (Å²) in [7, 11) is 0. The molecule has 0 fully saturated rings. The summed E-state index contributed by atoms with van der Waals surface area (Å²) in [6.45, 7) is 0. The molecular formula is C11H7ClN2O5. The molecule has 2 aromatic rings. The van der Waals surface area contributed by atoms with Gasteiger partial charge < -0.3 is 14.8 Å². The van der Waals surface area contributed by atoms with Crippen LogP contribution in [0.3, 0.4) is 0 Å². The summed E-state index contributed by atoms with van der Waals surface area (Å²) in [5.74, 6) is -1.03. The number of phenols is 1. The van der Waals surface area contributed by atoms with E-state index in [1.165, 1.54) is 18.4 Å². The van der Waals surface area contributed by atoms with Crippen molar-refractivity contribution in [2.24, 2.45) is 0 Å². The normalized spacial score (nSPS) is 10.2. The average Bonchev–Trinajstić information content (AvgIpc) is 2.86. The zero-order chi connectivity index (χ0) is 14.0. The highest BCUT2D eigenvalue weighted by Gasteiger charge is 2.18. The van der Waals surface area contributed by atoms with E-state index in [-0.39, 0.29) is 16.5 Å². The predicted molar refractivity (Wildman–Crippen MR) is 66.4 cm³/mol. The minimum Gasteiger partial charge on any atom is -0.506 e. The van der Waals surface area contributed by atoms with E-state index in [1.54, 1.807) is 0 Å². The van der Waals surface area contributed by atoms with E-state index in [0.29, 0.717) is 0 Å². The third kappa shape index (κ3) is 2.66. The van der Waals surface area contributed by atoms with Crippen LogP contribution in [-0.2, 0) is 0 Å². The lowest BCUT2D eigenvalue weighted by Crippen LogP contribution is -2.11. The Morgan fingerprint density at radius 3 is 2.79 bits per heavy atom. The summed E-state index contributed by atoms with van der Waals surface area (Å²) in [6, 6.07) is 4.91.